The number of nitrogens with one attached hydrogen (secondary N) is 1. The molecule has 0 rings (SSSR count). The number of hydrogen-bond acceptors (Lipinski definition) is 4. The van der Waals surface area contributed by atoms with Gasteiger partial charge in [-0.1, -0.05) is 13.3 Å². The van der Waals surface area contributed by atoms with E-state index in [-0.39, 0.29) is 11.8 Å². The van der Waals surface area contributed by atoms with Gasteiger partial charge in [0.15, 0.2) is 6.29 Å². The molecule has 0 saturated heterocycles. The van der Waals surface area contributed by atoms with Crippen LogP contribution in [-0.4, -0.2) is 39.5 Å². The molecule has 0 spiro atoms. The molecule has 0 heterocycles. The second-order valence-electron chi connectivity index (χ2n) is 3.37. The molecule has 0 aromatic carbocycles. The molecule has 5 nitrogen and oxygen atoms in total. The standard InChI is InChI=1S/C10H22N2O3/c1-4-5-8(6-11)10(13)12-7-9(14-2)15-3/h8-9H,4-7,11H2,1-3H3,(H,12,13). The van der Waals surface area contributed by atoms with Gasteiger partial charge in [0, 0.05) is 20.8 Å². The van der Waals surface area contributed by atoms with Gasteiger partial charge in [-0.3, -0.25) is 4.79 Å². The van der Waals surface area contributed by atoms with Crippen LogP contribution in [-0.2, 0) is 14.3 Å². The number of rotatable bonds is 8. The summed E-state index contributed by atoms with van der Waals surface area (Å²) in [5.41, 5.74) is 5.51. The molecule has 90 valence electrons. The highest BCUT2D eigenvalue weighted by molar-refractivity contribution is 5.78. The molecule has 0 radical (unpaired) electrons. The predicted octanol–water partition coefficient (Wildman–Crippen LogP) is 0.0965. The van der Waals surface area contributed by atoms with Gasteiger partial charge in [-0.05, 0) is 6.42 Å². The molecule has 0 aromatic rings. The zero-order chi connectivity index (χ0) is 11.7. The molecule has 0 aliphatic heterocycles. The maximum Gasteiger partial charge on any atom is 0.224 e. The molecular formula is C10H22N2O3. The van der Waals surface area contributed by atoms with E-state index in [2.05, 4.69) is 5.32 Å². The van der Waals surface area contributed by atoms with E-state index < -0.39 is 6.29 Å². The SMILES string of the molecule is CCCC(CN)C(=O)NCC(OC)OC. The predicted molar refractivity (Wildman–Crippen MR) is 58.3 cm³/mol. The molecule has 0 fully saturated rings. The van der Waals surface area contributed by atoms with Crippen LogP contribution in [0.5, 0.6) is 0 Å². The molecule has 3 N–H and O–H groups in total. The minimum absolute atomic E-state index is 0.0292. The van der Waals surface area contributed by atoms with Crippen molar-refractivity contribution >= 4 is 5.91 Å². The van der Waals surface area contributed by atoms with Gasteiger partial charge in [0.2, 0.25) is 5.91 Å². The van der Waals surface area contributed by atoms with Crippen LogP contribution in [0.15, 0.2) is 0 Å². The van der Waals surface area contributed by atoms with Crippen LogP contribution < -0.4 is 11.1 Å². The van der Waals surface area contributed by atoms with Crippen molar-refractivity contribution in [1.29, 1.82) is 0 Å². The second kappa shape index (κ2) is 8.64. The minimum Gasteiger partial charge on any atom is -0.354 e. The Bertz CT molecular complexity index is 172. The zero-order valence-electron chi connectivity index (χ0n) is 9.79. The molecule has 0 bridgehead atoms. The fraction of sp³-hybridized carbons (Fsp3) is 0.900. The van der Waals surface area contributed by atoms with Gasteiger partial charge in [-0.2, -0.15) is 0 Å². The molecule has 1 atom stereocenters. The van der Waals surface area contributed by atoms with Crippen molar-refractivity contribution in [3.05, 3.63) is 0 Å². The van der Waals surface area contributed by atoms with Crippen LogP contribution in [0.1, 0.15) is 19.8 Å². The number of carbonyl (C=O) groups is 1. The number of hydrogen-bond donors (Lipinski definition) is 2. The van der Waals surface area contributed by atoms with E-state index in [1.807, 2.05) is 6.92 Å². The Morgan fingerprint density at radius 2 is 2.00 bits per heavy atom. The van der Waals surface area contributed by atoms with Gasteiger partial charge in [0.05, 0.1) is 12.5 Å². The Labute approximate surface area is 91.3 Å². The topological polar surface area (TPSA) is 73.6 Å². The Hall–Kier alpha value is -0.650. The number of ether oxygens (including phenoxy) is 2. The largest absolute Gasteiger partial charge is 0.354 e. The van der Waals surface area contributed by atoms with Crippen molar-refractivity contribution in [2.75, 3.05) is 27.3 Å². The van der Waals surface area contributed by atoms with Crippen LogP contribution in [0, 0.1) is 5.92 Å². The fourth-order valence-electron chi connectivity index (χ4n) is 1.30. The lowest BCUT2D eigenvalue weighted by Crippen LogP contribution is -2.40. The lowest BCUT2D eigenvalue weighted by Gasteiger charge is -2.17. The Morgan fingerprint density at radius 3 is 2.40 bits per heavy atom. The first-order valence-corrected chi connectivity index (χ1v) is 5.22. The first-order valence-electron chi connectivity index (χ1n) is 5.22. The maximum absolute atomic E-state index is 11.6. The van der Waals surface area contributed by atoms with Gasteiger partial charge in [0.25, 0.3) is 0 Å². The molecule has 5 heteroatoms. The van der Waals surface area contributed by atoms with Gasteiger partial charge in [0.1, 0.15) is 0 Å². The molecule has 15 heavy (non-hydrogen) atoms. The van der Waals surface area contributed by atoms with E-state index in [0.717, 1.165) is 12.8 Å². The monoisotopic (exact) mass is 218 g/mol. The summed E-state index contributed by atoms with van der Waals surface area (Å²) in [5, 5.41) is 2.75. The van der Waals surface area contributed by atoms with Gasteiger partial charge < -0.3 is 20.5 Å². The Kier molecular flexibility index (Phi) is 8.27. The summed E-state index contributed by atoms with van der Waals surface area (Å²) in [6.45, 7) is 2.76. The van der Waals surface area contributed by atoms with Crippen molar-refractivity contribution in [3.63, 3.8) is 0 Å². The number of nitrogens with two attached hydrogens (primary N) is 1. The molecule has 1 unspecified atom stereocenters. The average Bonchev–Trinajstić information content (AvgIpc) is 2.26. The zero-order valence-corrected chi connectivity index (χ0v) is 9.79. The van der Waals surface area contributed by atoms with Crippen LogP contribution >= 0.6 is 0 Å². The van der Waals surface area contributed by atoms with Gasteiger partial charge in [-0.15, -0.1) is 0 Å². The Morgan fingerprint density at radius 1 is 1.40 bits per heavy atom. The summed E-state index contributed by atoms with van der Waals surface area (Å²) in [6.07, 6.45) is 1.37. The van der Waals surface area contributed by atoms with Gasteiger partial charge >= 0.3 is 0 Å². The first-order chi connectivity index (χ1) is 7.19. The highest BCUT2D eigenvalue weighted by Gasteiger charge is 2.16. The molecule has 0 aromatic heterocycles. The third-order valence-electron chi connectivity index (χ3n) is 2.26. The molecule has 0 aliphatic rings. The van der Waals surface area contributed by atoms with Crippen molar-refractivity contribution in [3.8, 4) is 0 Å². The van der Waals surface area contributed by atoms with E-state index in [1.165, 1.54) is 14.2 Å². The van der Waals surface area contributed by atoms with Crippen LogP contribution in [0.2, 0.25) is 0 Å². The highest BCUT2D eigenvalue weighted by atomic mass is 16.7. The van der Waals surface area contributed by atoms with Crippen molar-refractivity contribution in [2.45, 2.75) is 26.1 Å². The van der Waals surface area contributed by atoms with Crippen molar-refractivity contribution < 1.29 is 14.3 Å². The summed E-state index contributed by atoms with van der Waals surface area (Å²) in [4.78, 5) is 11.6. The summed E-state index contributed by atoms with van der Waals surface area (Å²) in [5.74, 6) is -0.136. The number of amides is 1. The van der Waals surface area contributed by atoms with E-state index in [1.54, 1.807) is 0 Å². The average molecular weight is 218 g/mol. The lowest BCUT2D eigenvalue weighted by molar-refractivity contribution is -0.130. The number of carbonyl (C=O) groups excluding carboxylic acids is 1. The van der Waals surface area contributed by atoms with E-state index in [9.17, 15) is 4.79 Å². The third-order valence-corrected chi connectivity index (χ3v) is 2.26. The van der Waals surface area contributed by atoms with Crippen molar-refractivity contribution in [1.82, 2.24) is 5.32 Å². The highest BCUT2D eigenvalue weighted by Crippen LogP contribution is 2.04. The van der Waals surface area contributed by atoms with E-state index in [4.69, 9.17) is 15.2 Å². The first kappa shape index (κ1) is 14.3. The fourth-order valence-corrected chi connectivity index (χ4v) is 1.30. The second-order valence-corrected chi connectivity index (χ2v) is 3.37. The van der Waals surface area contributed by atoms with E-state index >= 15 is 0 Å². The molecule has 0 aliphatic carbocycles. The third kappa shape index (κ3) is 5.71. The van der Waals surface area contributed by atoms with Crippen molar-refractivity contribution in [2.24, 2.45) is 11.7 Å². The van der Waals surface area contributed by atoms with Gasteiger partial charge in [-0.25, -0.2) is 0 Å². The quantitative estimate of drug-likeness (QED) is 0.567. The maximum atomic E-state index is 11.6. The van der Waals surface area contributed by atoms with Crippen LogP contribution in [0.3, 0.4) is 0 Å². The smallest absolute Gasteiger partial charge is 0.224 e. The Balaban J connectivity index is 3.88. The lowest BCUT2D eigenvalue weighted by atomic mass is 10.0. The molecule has 0 saturated carbocycles. The number of methoxy groups -OCH3 is 2. The summed E-state index contributed by atoms with van der Waals surface area (Å²) < 4.78 is 9.91. The summed E-state index contributed by atoms with van der Waals surface area (Å²) >= 11 is 0. The van der Waals surface area contributed by atoms with E-state index in [0.29, 0.717) is 13.1 Å². The molecular weight excluding hydrogens is 196 g/mol. The van der Waals surface area contributed by atoms with Crippen LogP contribution in [0.25, 0.3) is 0 Å². The normalized spacial score (nSPS) is 12.9. The minimum atomic E-state index is -0.394. The summed E-state index contributed by atoms with van der Waals surface area (Å²) in [7, 11) is 3.07. The van der Waals surface area contributed by atoms with Crippen LogP contribution in [0.4, 0.5) is 0 Å². The molecule has 1 amide bonds. The summed E-state index contributed by atoms with van der Waals surface area (Å²) in [6, 6.07) is 0.